The predicted molar refractivity (Wildman–Crippen MR) is 91.4 cm³/mol. The van der Waals surface area contributed by atoms with E-state index in [2.05, 4.69) is 36.4 Å². The van der Waals surface area contributed by atoms with E-state index >= 15 is 0 Å². The number of hydrogen-bond acceptors (Lipinski definition) is 2. The van der Waals surface area contributed by atoms with Gasteiger partial charge in [-0.25, -0.2) is 0 Å². The van der Waals surface area contributed by atoms with Gasteiger partial charge in [-0.3, -0.25) is 0 Å². The van der Waals surface area contributed by atoms with Gasteiger partial charge in [0.25, 0.3) is 0 Å². The van der Waals surface area contributed by atoms with Gasteiger partial charge in [0.05, 0.1) is 12.7 Å². The lowest BCUT2D eigenvalue weighted by Gasteiger charge is -2.59. The zero-order chi connectivity index (χ0) is 15.6. The minimum atomic E-state index is -0.692. The van der Waals surface area contributed by atoms with Crippen LogP contribution in [0.3, 0.4) is 0 Å². The van der Waals surface area contributed by atoms with Crippen LogP contribution in [0.2, 0.25) is 0 Å². The quantitative estimate of drug-likeness (QED) is 0.885. The van der Waals surface area contributed by atoms with Gasteiger partial charge in [-0.15, -0.1) is 0 Å². The lowest BCUT2D eigenvalue weighted by molar-refractivity contribution is -0.180. The minimum absolute atomic E-state index is 0.411. The van der Waals surface area contributed by atoms with Crippen LogP contribution >= 0.6 is 0 Å². The summed E-state index contributed by atoms with van der Waals surface area (Å²) < 4.78 is 5.72. The first kappa shape index (κ1) is 13.9. The monoisotopic (exact) mass is 308 g/mol. The van der Waals surface area contributed by atoms with Gasteiger partial charge in [0.2, 0.25) is 0 Å². The summed E-state index contributed by atoms with van der Waals surface area (Å²) in [6, 6.07) is 12.7. The van der Waals surface area contributed by atoms with Crippen LogP contribution in [0.5, 0.6) is 5.75 Å². The summed E-state index contributed by atoms with van der Waals surface area (Å²) in [6.45, 7) is 0. The Bertz CT molecular complexity index is 736. The molecule has 2 aromatic rings. The molecule has 4 saturated carbocycles. The van der Waals surface area contributed by atoms with Gasteiger partial charge in [0.1, 0.15) is 5.75 Å². The van der Waals surface area contributed by atoms with Crippen LogP contribution in [-0.2, 0) is 5.60 Å². The predicted octanol–water partition coefficient (Wildman–Crippen LogP) is 4.49. The molecule has 2 aromatic carbocycles. The van der Waals surface area contributed by atoms with Crippen LogP contribution in [0.25, 0.3) is 10.8 Å². The Morgan fingerprint density at radius 3 is 2.04 bits per heavy atom. The van der Waals surface area contributed by atoms with Crippen molar-refractivity contribution in [2.45, 2.75) is 37.7 Å². The van der Waals surface area contributed by atoms with Crippen LogP contribution < -0.4 is 4.74 Å². The van der Waals surface area contributed by atoms with E-state index < -0.39 is 5.60 Å². The average molecular weight is 308 g/mol. The van der Waals surface area contributed by atoms with E-state index in [-0.39, 0.29) is 0 Å². The second-order valence-electron chi connectivity index (χ2n) is 8.03. The Kier molecular flexibility index (Phi) is 2.85. The molecule has 0 spiro atoms. The molecule has 0 aromatic heterocycles. The van der Waals surface area contributed by atoms with Gasteiger partial charge >= 0.3 is 0 Å². The van der Waals surface area contributed by atoms with Crippen molar-refractivity contribution >= 4 is 10.8 Å². The van der Waals surface area contributed by atoms with Crippen molar-refractivity contribution in [3.8, 4) is 5.75 Å². The maximum atomic E-state index is 11.9. The second-order valence-corrected chi connectivity index (χ2v) is 8.03. The summed E-state index contributed by atoms with van der Waals surface area (Å²) in [7, 11) is 1.73. The van der Waals surface area contributed by atoms with Gasteiger partial charge in [-0.2, -0.15) is 0 Å². The van der Waals surface area contributed by atoms with Gasteiger partial charge in [-0.1, -0.05) is 24.3 Å². The molecule has 2 nitrogen and oxygen atoms in total. The van der Waals surface area contributed by atoms with Gasteiger partial charge in [0, 0.05) is 5.56 Å². The SMILES string of the molecule is COc1cc2ccccc2cc1C1(O)C2CC3CC(C2)CC1C3. The number of rotatable bonds is 2. The largest absolute Gasteiger partial charge is 0.496 e. The molecule has 2 heteroatoms. The third-order valence-electron chi connectivity index (χ3n) is 6.88. The molecule has 23 heavy (non-hydrogen) atoms. The van der Waals surface area contributed by atoms with Crippen molar-refractivity contribution in [1.82, 2.24) is 0 Å². The fraction of sp³-hybridized carbons (Fsp3) is 0.524. The van der Waals surface area contributed by atoms with E-state index in [1.165, 1.54) is 42.9 Å². The second kappa shape index (κ2) is 4.73. The third-order valence-corrected chi connectivity index (χ3v) is 6.88. The molecule has 120 valence electrons. The summed E-state index contributed by atoms with van der Waals surface area (Å²) in [5.41, 5.74) is 0.343. The number of ether oxygens (including phenoxy) is 1. The topological polar surface area (TPSA) is 29.5 Å². The van der Waals surface area contributed by atoms with E-state index in [9.17, 15) is 5.11 Å². The average Bonchev–Trinajstić information content (AvgIpc) is 2.57. The molecule has 4 bridgehead atoms. The molecule has 0 atom stereocenters. The smallest absolute Gasteiger partial charge is 0.125 e. The zero-order valence-corrected chi connectivity index (χ0v) is 13.7. The van der Waals surface area contributed by atoms with Crippen LogP contribution in [0.1, 0.15) is 37.7 Å². The van der Waals surface area contributed by atoms with Gasteiger partial charge in [0.15, 0.2) is 0 Å². The van der Waals surface area contributed by atoms with E-state index in [4.69, 9.17) is 4.74 Å². The highest BCUT2D eigenvalue weighted by Gasteiger charge is 2.58. The fourth-order valence-corrected chi connectivity index (χ4v) is 6.04. The highest BCUT2D eigenvalue weighted by molar-refractivity contribution is 5.85. The molecule has 1 N–H and O–H groups in total. The van der Waals surface area contributed by atoms with Crippen molar-refractivity contribution < 1.29 is 9.84 Å². The summed E-state index contributed by atoms with van der Waals surface area (Å²) in [5.74, 6) is 3.38. The first-order chi connectivity index (χ1) is 11.2. The van der Waals surface area contributed by atoms with Crippen molar-refractivity contribution in [3.63, 3.8) is 0 Å². The molecule has 4 aliphatic rings. The highest BCUT2D eigenvalue weighted by Crippen LogP contribution is 2.62. The maximum Gasteiger partial charge on any atom is 0.125 e. The van der Waals surface area contributed by atoms with Crippen LogP contribution in [0.15, 0.2) is 36.4 Å². The zero-order valence-electron chi connectivity index (χ0n) is 13.7. The normalized spacial score (nSPS) is 38.2. The molecule has 4 aliphatic carbocycles. The summed E-state index contributed by atoms with van der Waals surface area (Å²) in [6.07, 6.45) is 6.18. The van der Waals surface area contributed by atoms with E-state index in [0.717, 1.165) is 23.1 Å². The third kappa shape index (κ3) is 1.85. The fourth-order valence-electron chi connectivity index (χ4n) is 6.04. The number of benzene rings is 2. The van der Waals surface area contributed by atoms with Gasteiger partial charge in [-0.05, 0) is 78.7 Å². The molecule has 4 fully saturated rings. The number of fused-ring (bicyclic) bond motifs is 1. The molecule has 0 heterocycles. The number of methoxy groups -OCH3 is 1. The molecular weight excluding hydrogens is 284 g/mol. The molecule has 0 unspecified atom stereocenters. The maximum absolute atomic E-state index is 11.9. The Morgan fingerprint density at radius 2 is 1.48 bits per heavy atom. The molecule has 0 aliphatic heterocycles. The highest BCUT2D eigenvalue weighted by atomic mass is 16.5. The van der Waals surface area contributed by atoms with Crippen LogP contribution in [0, 0.1) is 23.7 Å². The Balaban J connectivity index is 1.69. The van der Waals surface area contributed by atoms with Crippen molar-refractivity contribution in [2.24, 2.45) is 23.7 Å². The van der Waals surface area contributed by atoms with E-state index in [1.807, 2.05) is 0 Å². The molecular formula is C21H24O2. The minimum Gasteiger partial charge on any atom is -0.496 e. The molecule has 0 amide bonds. The first-order valence-corrected chi connectivity index (χ1v) is 8.98. The van der Waals surface area contributed by atoms with E-state index in [0.29, 0.717) is 11.8 Å². The van der Waals surface area contributed by atoms with Crippen molar-refractivity contribution in [1.29, 1.82) is 0 Å². The lowest BCUT2D eigenvalue weighted by Crippen LogP contribution is -2.55. The summed E-state index contributed by atoms with van der Waals surface area (Å²) >= 11 is 0. The summed E-state index contributed by atoms with van der Waals surface area (Å²) in [5, 5.41) is 14.2. The Hall–Kier alpha value is -1.54. The van der Waals surface area contributed by atoms with Gasteiger partial charge < -0.3 is 9.84 Å². The van der Waals surface area contributed by atoms with E-state index in [1.54, 1.807) is 7.11 Å². The first-order valence-electron chi connectivity index (χ1n) is 8.98. The Morgan fingerprint density at radius 1 is 0.913 bits per heavy atom. The van der Waals surface area contributed by atoms with Crippen LogP contribution in [-0.4, -0.2) is 12.2 Å². The van der Waals surface area contributed by atoms with Crippen molar-refractivity contribution in [2.75, 3.05) is 7.11 Å². The number of aliphatic hydroxyl groups is 1. The van der Waals surface area contributed by atoms with Crippen LogP contribution in [0.4, 0.5) is 0 Å². The summed E-state index contributed by atoms with van der Waals surface area (Å²) in [4.78, 5) is 0. The molecule has 0 radical (unpaired) electrons. The molecule has 0 saturated heterocycles. The lowest BCUT2D eigenvalue weighted by atomic mass is 9.48. The Labute approximate surface area is 137 Å². The standard InChI is InChI=1S/C21H24O2/c1-23-20-12-16-5-3-2-4-15(16)11-19(20)21(22)17-7-13-6-14(9-17)10-18(21)8-13/h2-5,11-14,17-18,22H,6-10H2,1H3. The number of hydrogen-bond donors (Lipinski definition) is 1. The van der Waals surface area contributed by atoms with Crippen molar-refractivity contribution in [3.05, 3.63) is 42.0 Å². The molecule has 6 rings (SSSR count).